The third kappa shape index (κ3) is 3.83. The summed E-state index contributed by atoms with van der Waals surface area (Å²) in [6, 6.07) is 16.6. The first-order chi connectivity index (χ1) is 9.83. The second-order valence-electron chi connectivity index (χ2n) is 4.62. The zero-order chi connectivity index (χ0) is 15.5. The van der Waals surface area contributed by atoms with E-state index in [1.54, 1.807) is 60.7 Å². The van der Waals surface area contributed by atoms with Crippen molar-refractivity contribution < 1.29 is 14.6 Å². The average molecular weight is 325 g/mol. The Kier molecular flexibility index (Phi) is 4.69. The maximum atomic E-state index is 12.7. The van der Waals surface area contributed by atoms with Crippen LogP contribution in [0.2, 0.25) is 0 Å². The van der Waals surface area contributed by atoms with Crippen molar-refractivity contribution in [2.45, 2.75) is 17.2 Å². The molecule has 0 amide bonds. The molecule has 0 fully saturated rings. The van der Waals surface area contributed by atoms with Gasteiger partial charge in [0.15, 0.2) is 0 Å². The van der Waals surface area contributed by atoms with Gasteiger partial charge >= 0.3 is 0 Å². The van der Waals surface area contributed by atoms with Crippen molar-refractivity contribution in [2.75, 3.05) is 0 Å². The van der Waals surface area contributed by atoms with Crippen LogP contribution in [0.5, 0.6) is 0 Å². The minimum absolute atomic E-state index is 0.256. The molecule has 0 aromatic heterocycles. The van der Waals surface area contributed by atoms with E-state index in [4.69, 9.17) is 27.9 Å². The lowest BCUT2D eigenvalue weighted by Crippen LogP contribution is -2.42. The van der Waals surface area contributed by atoms with E-state index in [9.17, 15) is 9.90 Å². The van der Waals surface area contributed by atoms with E-state index in [0.29, 0.717) is 5.56 Å². The number of aliphatic hydroxyl groups is 1. The second-order valence-corrected chi connectivity index (χ2v) is 6.25. The number of halogens is 2. The number of alkyl halides is 2. The zero-order valence-corrected chi connectivity index (χ0v) is 12.8. The molecule has 2 aromatic rings. The van der Waals surface area contributed by atoms with Crippen LogP contribution in [0.25, 0.3) is 0 Å². The minimum atomic E-state index is -2.26. The Bertz CT molecular complexity index is 608. The lowest BCUT2D eigenvalue weighted by atomic mass is 9.96. The van der Waals surface area contributed by atoms with Gasteiger partial charge in [-0.05, 0) is 6.92 Å². The van der Waals surface area contributed by atoms with Crippen molar-refractivity contribution in [3.05, 3.63) is 71.8 Å². The van der Waals surface area contributed by atoms with Crippen LogP contribution in [0.1, 0.15) is 22.8 Å². The first-order valence-electron chi connectivity index (χ1n) is 6.29. The third-order valence-electron chi connectivity index (χ3n) is 2.84. The predicted octanol–water partition coefficient (Wildman–Crippen LogP) is 3.88. The number of Topliss-reactive ketones (excluding diaryl/α,β-unsaturated/α-hetero) is 1. The van der Waals surface area contributed by atoms with Gasteiger partial charge in [0.1, 0.15) is 0 Å². The normalized spacial score (nSPS) is 14.5. The second kappa shape index (κ2) is 6.16. The highest BCUT2D eigenvalue weighted by Crippen LogP contribution is 2.35. The highest BCUT2D eigenvalue weighted by Gasteiger charge is 2.44. The van der Waals surface area contributed by atoms with E-state index in [-0.39, 0.29) is 5.56 Å². The number of benzene rings is 2. The van der Waals surface area contributed by atoms with Crippen molar-refractivity contribution in [1.29, 1.82) is 0 Å². The molecule has 1 N–H and O–H groups in total. The molecule has 0 aliphatic rings. The van der Waals surface area contributed by atoms with Crippen LogP contribution >= 0.6 is 23.2 Å². The molecule has 0 heterocycles. The van der Waals surface area contributed by atoms with Crippen molar-refractivity contribution in [1.82, 2.24) is 0 Å². The van der Waals surface area contributed by atoms with Crippen LogP contribution < -0.4 is 0 Å². The van der Waals surface area contributed by atoms with E-state index in [0.717, 1.165) is 0 Å². The summed E-state index contributed by atoms with van der Waals surface area (Å²) >= 11 is 11.7. The van der Waals surface area contributed by atoms with E-state index in [2.05, 4.69) is 0 Å². The molecule has 0 aliphatic carbocycles. The maximum Gasteiger partial charge on any atom is 0.261 e. The first-order valence-corrected chi connectivity index (χ1v) is 7.04. The molecule has 3 nitrogen and oxygen atoms in total. The van der Waals surface area contributed by atoms with Crippen LogP contribution in [-0.4, -0.2) is 15.4 Å². The van der Waals surface area contributed by atoms with Gasteiger partial charge in [-0.3, -0.25) is 4.79 Å². The zero-order valence-electron chi connectivity index (χ0n) is 11.3. The largest absolute Gasteiger partial charge is 0.356 e. The number of ether oxygens (including phenoxy) is 1. The Balaban J connectivity index is 2.49. The summed E-state index contributed by atoms with van der Waals surface area (Å²) in [4.78, 5) is 12.7. The van der Waals surface area contributed by atoms with Gasteiger partial charge in [-0.2, -0.15) is 0 Å². The van der Waals surface area contributed by atoms with Gasteiger partial charge in [-0.1, -0.05) is 83.9 Å². The van der Waals surface area contributed by atoms with Crippen molar-refractivity contribution in [3.8, 4) is 0 Å². The molecule has 1 atom stereocenters. The fourth-order valence-electron chi connectivity index (χ4n) is 1.94. The summed E-state index contributed by atoms with van der Waals surface area (Å²) in [5, 5.41) is 10.8. The Morgan fingerprint density at radius 3 is 1.95 bits per heavy atom. The Labute approximate surface area is 133 Å². The number of hydrogen-bond donors (Lipinski definition) is 1. The predicted molar refractivity (Wildman–Crippen MR) is 82.3 cm³/mol. The van der Waals surface area contributed by atoms with Crippen LogP contribution in [-0.2, 0) is 10.5 Å². The van der Waals surface area contributed by atoms with Crippen molar-refractivity contribution >= 4 is 29.0 Å². The van der Waals surface area contributed by atoms with Gasteiger partial charge in [0.25, 0.3) is 5.79 Å². The maximum absolute atomic E-state index is 12.7. The standard InChI is InChI=1S/C16H14Cl2O3/c1-15(17,18)21-16(20,13-10-6-3-7-11-13)14(19)12-8-4-2-5-9-12/h2-11,20H,1H3. The van der Waals surface area contributed by atoms with Gasteiger partial charge < -0.3 is 9.84 Å². The first kappa shape index (κ1) is 16.0. The molecule has 2 rings (SSSR count). The molecule has 2 aromatic carbocycles. The van der Waals surface area contributed by atoms with Crippen molar-refractivity contribution in [2.24, 2.45) is 0 Å². The van der Waals surface area contributed by atoms with Crippen molar-refractivity contribution in [3.63, 3.8) is 0 Å². The van der Waals surface area contributed by atoms with E-state index in [1.165, 1.54) is 6.92 Å². The topological polar surface area (TPSA) is 46.5 Å². The summed E-state index contributed by atoms with van der Waals surface area (Å²) in [7, 11) is 0. The monoisotopic (exact) mass is 324 g/mol. The van der Waals surface area contributed by atoms with Crippen LogP contribution in [0.4, 0.5) is 0 Å². The van der Waals surface area contributed by atoms with Gasteiger partial charge in [0, 0.05) is 11.1 Å². The summed E-state index contributed by atoms with van der Waals surface area (Å²) < 4.78 is 3.54. The molecular formula is C16H14Cl2O3. The molecule has 5 heteroatoms. The van der Waals surface area contributed by atoms with E-state index >= 15 is 0 Å². The van der Waals surface area contributed by atoms with Crippen LogP contribution in [0.3, 0.4) is 0 Å². The third-order valence-corrected chi connectivity index (χ3v) is 2.99. The van der Waals surface area contributed by atoms with Crippen LogP contribution in [0, 0.1) is 0 Å². The summed E-state index contributed by atoms with van der Waals surface area (Å²) in [5.41, 5.74) is 0.549. The number of carbonyl (C=O) groups is 1. The fraction of sp³-hybridized carbons (Fsp3) is 0.188. The number of ketones is 1. The molecule has 0 saturated carbocycles. The molecule has 0 radical (unpaired) electrons. The minimum Gasteiger partial charge on any atom is -0.356 e. The summed E-state index contributed by atoms with van der Waals surface area (Å²) in [5.74, 6) is -2.90. The molecule has 0 bridgehead atoms. The molecule has 1 unspecified atom stereocenters. The van der Waals surface area contributed by atoms with E-state index in [1.807, 2.05) is 0 Å². The molecule has 0 spiro atoms. The molecule has 0 saturated heterocycles. The lowest BCUT2D eigenvalue weighted by Gasteiger charge is -2.31. The average Bonchev–Trinajstić information content (AvgIpc) is 2.46. The Morgan fingerprint density at radius 1 is 1.00 bits per heavy atom. The summed E-state index contributed by atoms with van der Waals surface area (Å²) in [6.07, 6.45) is 0. The number of hydrogen-bond acceptors (Lipinski definition) is 3. The van der Waals surface area contributed by atoms with E-state index < -0.39 is 16.1 Å². The van der Waals surface area contributed by atoms with Gasteiger partial charge in [0.05, 0.1) is 0 Å². The highest BCUT2D eigenvalue weighted by molar-refractivity contribution is 6.47. The van der Waals surface area contributed by atoms with Crippen LogP contribution in [0.15, 0.2) is 60.7 Å². The van der Waals surface area contributed by atoms with Gasteiger partial charge in [0.2, 0.25) is 10.3 Å². The van der Waals surface area contributed by atoms with Gasteiger partial charge in [-0.25, -0.2) is 0 Å². The Hall–Kier alpha value is -1.39. The SMILES string of the molecule is CC(Cl)(Cl)OC(O)(C(=O)c1ccccc1)c1ccccc1. The number of rotatable bonds is 5. The number of carbonyl (C=O) groups excluding carboxylic acids is 1. The fourth-order valence-corrected chi connectivity index (χ4v) is 2.17. The molecule has 110 valence electrons. The summed E-state index contributed by atoms with van der Waals surface area (Å²) in [6.45, 7) is 1.34. The smallest absolute Gasteiger partial charge is 0.261 e. The molecule has 0 aliphatic heterocycles. The van der Waals surface area contributed by atoms with Gasteiger partial charge in [-0.15, -0.1) is 0 Å². The Morgan fingerprint density at radius 2 is 1.48 bits per heavy atom. The molecular weight excluding hydrogens is 311 g/mol. The molecule has 21 heavy (non-hydrogen) atoms. The highest BCUT2D eigenvalue weighted by atomic mass is 35.5. The lowest BCUT2D eigenvalue weighted by molar-refractivity contribution is -0.191. The quantitative estimate of drug-likeness (QED) is 0.515.